The van der Waals surface area contributed by atoms with Gasteiger partial charge in [-0.25, -0.2) is 9.48 Å². The van der Waals surface area contributed by atoms with E-state index in [2.05, 4.69) is 50.4 Å². The van der Waals surface area contributed by atoms with Gasteiger partial charge in [-0.3, -0.25) is 5.32 Å². The molecule has 0 radical (unpaired) electrons. The predicted molar refractivity (Wildman–Crippen MR) is 112 cm³/mol. The van der Waals surface area contributed by atoms with Gasteiger partial charge in [0.25, 0.3) is 0 Å². The van der Waals surface area contributed by atoms with Crippen LogP contribution in [0.1, 0.15) is 32.0 Å². The van der Waals surface area contributed by atoms with E-state index in [-0.39, 0.29) is 23.7 Å². The summed E-state index contributed by atoms with van der Waals surface area (Å²) in [5.74, 6) is 1.60. The number of amides is 2. The molecule has 0 saturated carbocycles. The van der Waals surface area contributed by atoms with Crippen molar-refractivity contribution in [2.45, 2.75) is 44.9 Å². The van der Waals surface area contributed by atoms with Gasteiger partial charge in [0.05, 0.1) is 24.4 Å². The topological polar surface area (TPSA) is 59.4 Å². The zero-order chi connectivity index (χ0) is 20.2. The molecule has 6 heteroatoms. The third-order valence-corrected chi connectivity index (χ3v) is 6.31. The number of carbonyl (C=O) groups is 1. The summed E-state index contributed by atoms with van der Waals surface area (Å²) in [5.41, 5.74) is 2.04. The maximum Gasteiger partial charge on any atom is 0.323 e. The zero-order valence-corrected chi connectivity index (χ0v) is 17.2. The Kier molecular flexibility index (Phi) is 4.28. The van der Waals surface area contributed by atoms with Gasteiger partial charge in [-0.15, -0.1) is 0 Å². The van der Waals surface area contributed by atoms with E-state index in [0.717, 1.165) is 30.2 Å². The molecule has 1 aromatic heterocycles. The minimum atomic E-state index is -0.0890. The van der Waals surface area contributed by atoms with Gasteiger partial charge in [0.2, 0.25) is 0 Å². The van der Waals surface area contributed by atoms with Crippen LogP contribution < -0.4 is 5.32 Å². The third kappa shape index (κ3) is 3.35. The lowest BCUT2D eigenvalue weighted by molar-refractivity contribution is 0.0892. The van der Waals surface area contributed by atoms with Gasteiger partial charge >= 0.3 is 6.03 Å². The molecule has 2 fully saturated rings. The molecular weight excluding hydrogens is 364 g/mol. The first-order valence-corrected chi connectivity index (χ1v) is 10.4. The Labute approximate surface area is 171 Å². The van der Waals surface area contributed by atoms with Crippen LogP contribution >= 0.6 is 0 Å². The first-order valence-electron chi connectivity index (χ1n) is 10.4. The number of benzene rings is 1. The number of anilines is 1. The van der Waals surface area contributed by atoms with Crippen molar-refractivity contribution in [3.63, 3.8) is 0 Å². The number of hydrogen-bond acceptors (Lipinski definition) is 3. The van der Waals surface area contributed by atoms with Gasteiger partial charge in [-0.05, 0) is 5.56 Å². The maximum absolute atomic E-state index is 13.1. The predicted octanol–water partition coefficient (Wildman–Crippen LogP) is 3.65. The van der Waals surface area contributed by atoms with E-state index in [1.54, 1.807) is 0 Å². The second kappa shape index (κ2) is 6.73. The van der Waals surface area contributed by atoms with Crippen LogP contribution in [0.3, 0.4) is 0 Å². The standard InChI is InChI=1S/C23H28N4O2/c1-23(2,3)20-11-21(27(25-20)12-15-7-5-4-6-8-15)24-22(28)26-13-16-17(14-26)19-10-9-18(16)29-19/h4-11,16-19H,12-14H2,1-3H3,(H,24,28). The molecule has 3 aliphatic rings. The molecule has 6 nitrogen and oxygen atoms in total. The SMILES string of the molecule is CC(C)(C)c1cc(NC(=O)N2CC3C4C=CC(O4)C3C2)n(Cc2ccccc2)n1. The molecule has 0 aliphatic carbocycles. The number of hydrogen-bond donors (Lipinski definition) is 1. The highest BCUT2D eigenvalue weighted by molar-refractivity contribution is 5.88. The van der Waals surface area contributed by atoms with Crippen molar-refractivity contribution >= 4 is 11.8 Å². The van der Waals surface area contributed by atoms with E-state index >= 15 is 0 Å². The average molecular weight is 393 g/mol. The number of likely N-dealkylation sites (tertiary alicyclic amines) is 1. The molecule has 5 rings (SSSR count). The van der Waals surface area contributed by atoms with Gasteiger partial charge in [-0.2, -0.15) is 5.10 Å². The van der Waals surface area contributed by atoms with E-state index in [4.69, 9.17) is 9.84 Å². The number of urea groups is 1. The summed E-state index contributed by atoms with van der Waals surface area (Å²) in [5, 5.41) is 7.93. The minimum Gasteiger partial charge on any atom is -0.366 e. The number of ether oxygens (including phenoxy) is 1. The number of aromatic nitrogens is 2. The number of fused-ring (bicyclic) bond motifs is 5. The number of nitrogens with one attached hydrogen (secondary N) is 1. The first-order chi connectivity index (χ1) is 13.9. The molecule has 29 heavy (non-hydrogen) atoms. The lowest BCUT2D eigenvalue weighted by atomic mass is 9.86. The second-order valence-corrected chi connectivity index (χ2v) is 9.42. The molecule has 4 atom stereocenters. The molecule has 4 unspecified atom stereocenters. The van der Waals surface area contributed by atoms with Gasteiger partial charge in [0.15, 0.2) is 0 Å². The molecule has 1 N–H and O–H groups in total. The quantitative estimate of drug-likeness (QED) is 0.811. The summed E-state index contributed by atoms with van der Waals surface area (Å²) < 4.78 is 7.83. The van der Waals surface area contributed by atoms with E-state index in [0.29, 0.717) is 18.4 Å². The first kappa shape index (κ1) is 18.4. The number of nitrogens with zero attached hydrogens (tertiary/aromatic N) is 3. The minimum absolute atomic E-state index is 0.0477. The van der Waals surface area contributed by atoms with Crippen LogP contribution in [-0.4, -0.2) is 46.0 Å². The van der Waals surface area contributed by atoms with Gasteiger partial charge < -0.3 is 9.64 Å². The van der Waals surface area contributed by atoms with Crippen molar-refractivity contribution in [2.75, 3.05) is 18.4 Å². The van der Waals surface area contributed by atoms with Crippen molar-refractivity contribution in [3.05, 3.63) is 59.8 Å². The van der Waals surface area contributed by atoms with Gasteiger partial charge in [0, 0.05) is 36.4 Å². The normalized spacial score (nSPS) is 27.5. The highest BCUT2D eigenvalue weighted by Crippen LogP contribution is 2.43. The molecule has 3 aliphatic heterocycles. The van der Waals surface area contributed by atoms with Crippen LogP contribution in [0.5, 0.6) is 0 Å². The number of rotatable bonds is 3. The maximum atomic E-state index is 13.1. The van der Waals surface area contributed by atoms with E-state index in [1.165, 1.54) is 0 Å². The van der Waals surface area contributed by atoms with E-state index < -0.39 is 0 Å². The molecule has 2 aromatic rings. The Morgan fingerprint density at radius 1 is 1.14 bits per heavy atom. The summed E-state index contributed by atoms with van der Waals surface area (Å²) in [6.07, 6.45) is 4.66. The summed E-state index contributed by atoms with van der Waals surface area (Å²) >= 11 is 0. The van der Waals surface area contributed by atoms with Gasteiger partial charge in [0.1, 0.15) is 5.82 Å². The Bertz CT molecular complexity index is 924. The molecule has 2 saturated heterocycles. The summed E-state index contributed by atoms with van der Waals surface area (Å²) in [4.78, 5) is 15.0. The van der Waals surface area contributed by atoms with Crippen LogP contribution in [0.15, 0.2) is 48.6 Å². The number of carbonyl (C=O) groups excluding carboxylic acids is 1. The second-order valence-electron chi connectivity index (χ2n) is 9.42. The van der Waals surface area contributed by atoms with E-state index in [1.807, 2.05) is 33.8 Å². The van der Waals surface area contributed by atoms with E-state index in [9.17, 15) is 4.79 Å². The molecule has 2 amide bonds. The van der Waals surface area contributed by atoms with Crippen LogP contribution in [0.4, 0.5) is 10.6 Å². The molecule has 1 aromatic carbocycles. The fourth-order valence-electron chi connectivity index (χ4n) is 4.64. The highest BCUT2D eigenvalue weighted by Gasteiger charge is 2.51. The van der Waals surface area contributed by atoms with Crippen LogP contribution in [-0.2, 0) is 16.7 Å². The molecule has 2 bridgehead atoms. The fourth-order valence-corrected chi connectivity index (χ4v) is 4.64. The van der Waals surface area contributed by atoms with Crippen molar-refractivity contribution in [1.29, 1.82) is 0 Å². The smallest absolute Gasteiger partial charge is 0.323 e. The zero-order valence-electron chi connectivity index (χ0n) is 17.2. The molecular formula is C23H28N4O2. The highest BCUT2D eigenvalue weighted by atomic mass is 16.5. The average Bonchev–Trinajstić information content (AvgIpc) is 3.44. The summed E-state index contributed by atoms with van der Waals surface area (Å²) in [6, 6.07) is 12.2. The Hall–Kier alpha value is -2.60. The Morgan fingerprint density at radius 3 is 2.41 bits per heavy atom. The van der Waals surface area contributed by atoms with Crippen molar-refractivity contribution in [3.8, 4) is 0 Å². The Balaban J connectivity index is 1.34. The lowest BCUT2D eigenvalue weighted by Crippen LogP contribution is -2.35. The third-order valence-electron chi connectivity index (χ3n) is 6.31. The molecule has 0 spiro atoms. The van der Waals surface area contributed by atoms with Crippen LogP contribution in [0, 0.1) is 11.8 Å². The van der Waals surface area contributed by atoms with Crippen LogP contribution in [0.25, 0.3) is 0 Å². The Morgan fingerprint density at radius 2 is 1.79 bits per heavy atom. The monoisotopic (exact) mass is 392 g/mol. The lowest BCUT2D eigenvalue weighted by Gasteiger charge is -2.20. The summed E-state index contributed by atoms with van der Waals surface area (Å²) in [7, 11) is 0. The fraction of sp³-hybridized carbons (Fsp3) is 0.478. The van der Waals surface area contributed by atoms with Crippen molar-refractivity contribution < 1.29 is 9.53 Å². The largest absolute Gasteiger partial charge is 0.366 e. The molecule has 4 heterocycles. The van der Waals surface area contributed by atoms with Gasteiger partial charge in [-0.1, -0.05) is 63.3 Å². The summed E-state index contributed by atoms with van der Waals surface area (Å²) in [6.45, 7) is 8.54. The van der Waals surface area contributed by atoms with Crippen LogP contribution in [0.2, 0.25) is 0 Å². The van der Waals surface area contributed by atoms with Crippen molar-refractivity contribution in [2.24, 2.45) is 11.8 Å². The molecule has 152 valence electrons. The van der Waals surface area contributed by atoms with Crippen molar-refractivity contribution in [1.82, 2.24) is 14.7 Å².